The van der Waals surface area contributed by atoms with E-state index in [1.165, 1.54) is 0 Å². The van der Waals surface area contributed by atoms with Crippen LogP contribution < -0.4 is 5.32 Å². The number of rotatable bonds is 4. The largest absolute Gasteiger partial charge is 0.373 e. The van der Waals surface area contributed by atoms with Crippen molar-refractivity contribution in [3.63, 3.8) is 0 Å². The molecule has 0 aliphatic carbocycles. The Bertz CT molecular complexity index is 468. The number of nitrogens with zero attached hydrogens (tertiary/aromatic N) is 1. The molecule has 5 heteroatoms. The Kier molecular flexibility index (Phi) is 5.79. The summed E-state index contributed by atoms with van der Waals surface area (Å²) in [6.45, 7) is 8.15. The minimum Gasteiger partial charge on any atom is -0.373 e. The van der Waals surface area contributed by atoms with E-state index in [9.17, 15) is 4.79 Å². The van der Waals surface area contributed by atoms with Crippen molar-refractivity contribution in [3.05, 3.63) is 34.3 Å². The maximum absolute atomic E-state index is 12.2. The molecule has 1 aliphatic rings. The molecule has 1 amide bonds. The number of amides is 1. The van der Waals surface area contributed by atoms with Gasteiger partial charge in [-0.05, 0) is 38.5 Å². The third-order valence-electron chi connectivity index (χ3n) is 3.61. The quantitative estimate of drug-likeness (QED) is 0.903. The van der Waals surface area contributed by atoms with Gasteiger partial charge in [0.05, 0.1) is 24.8 Å². The molecule has 1 N–H and O–H groups in total. The van der Waals surface area contributed by atoms with Gasteiger partial charge in [0.15, 0.2) is 0 Å². The molecule has 1 fully saturated rings. The molecule has 0 spiro atoms. The van der Waals surface area contributed by atoms with E-state index in [-0.39, 0.29) is 24.2 Å². The third kappa shape index (κ3) is 5.09. The average Bonchev–Trinajstić information content (AvgIpc) is 2.37. The minimum absolute atomic E-state index is 0.0153. The van der Waals surface area contributed by atoms with Crippen LogP contribution in [0.5, 0.6) is 0 Å². The lowest BCUT2D eigenvalue weighted by Crippen LogP contribution is -2.49. The molecule has 0 aromatic heterocycles. The molecule has 4 nitrogen and oxygen atoms in total. The van der Waals surface area contributed by atoms with E-state index in [1.807, 2.05) is 45.0 Å². The highest BCUT2D eigenvalue weighted by Crippen LogP contribution is 2.16. The molecule has 0 bridgehead atoms. The molecule has 1 aromatic rings. The van der Waals surface area contributed by atoms with E-state index < -0.39 is 0 Å². The van der Waals surface area contributed by atoms with Crippen LogP contribution >= 0.6 is 15.9 Å². The standard InChI is InChI=1S/C16H23BrN2O2/c1-11-8-19(9-12(2)21-11)10-16(20)18-13(3)14-4-6-15(17)7-5-14/h4-7,11-13H,8-10H2,1-3H3,(H,18,20)/t11-,12-,13+/m1/s1. The van der Waals surface area contributed by atoms with Gasteiger partial charge in [-0.25, -0.2) is 0 Å². The fourth-order valence-corrected chi connectivity index (χ4v) is 3.00. The van der Waals surface area contributed by atoms with Gasteiger partial charge in [0.1, 0.15) is 0 Å². The first-order chi connectivity index (χ1) is 9.94. The molecule has 1 heterocycles. The number of hydrogen-bond acceptors (Lipinski definition) is 3. The lowest BCUT2D eigenvalue weighted by molar-refractivity contribution is -0.126. The van der Waals surface area contributed by atoms with E-state index in [4.69, 9.17) is 4.74 Å². The summed E-state index contributed by atoms with van der Waals surface area (Å²) in [5, 5.41) is 3.06. The molecule has 0 radical (unpaired) electrons. The van der Waals surface area contributed by atoms with Crippen molar-refractivity contribution in [1.29, 1.82) is 0 Å². The van der Waals surface area contributed by atoms with Gasteiger partial charge in [-0.2, -0.15) is 0 Å². The number of morpholine rings is 1. The van der Waals surface area contributed by atoms with Crippen molar-refractivity contribution in [3.8, 4) is 0 Å². The summed E-state index contributed by atoms with van der Waals surface area (Å²) >= 11 is 3.42. The highest BCUT2D eigenvalue weighted by atomic mass is 79.9. The normalized spacial score (nSPS) is 24.6. The zero-order chi connectivity index (χ0) is 15.4. The average molecular weight is 355 g/mol. The van der Waals surface area contributed by atoms with Gasteiger partial charge < -0.3 is 10.1 Å². The van der Waals surface area contributed by atoms with Gasteiger partial charge in [-0.1, -0.05) is 28.1 Å². The van der Waals surface area contributed by atoms with Crippen molar-refractivity contribution < 1.29 is 9.53 Å². The smallest absolute Gasteiger partial charge is 0.234 e. The van der Waals surface area contributed by atoms with Crippen LogP contribution in [0.15, 0.2) is 28.7 Å². The first-order valence-electron chi connectivity index (χ1n) is 7.36. The zero-order valence-electron chi connectivity index (χ0n) is 12.8. The molecule has 0 saturated carbocycles. The minimum atomic E-state index is 0.0153. The van der Waals surface area contributed by atoms with Gasteiger partial charge in [0.2, 0.25) is 5.91 Å². The van der Waals surface area contributed by atoms with E-state index in [0.29, 0.717) is 6.54 Å². The molecule has 1 saturated heterocycles. The van der Waals surface area contributed by atoms with Crippen LogP contribution in [0.4, 0.5) is 0 Å². The lowest BCUT2D eigenvalue weighted by atomic mass is 10.1. The van der Waals surface area contributed by atoms with E-state index >= 15 is 0 Å². The van der Waals surface area contributed by atoms with Crippen LogP contribution in [0.2, 0.25) is 0 Å². The molecular formula is C16H23BrN2O2. The predicted octanol–water partition coefficient (Wildman–Crippen LogP) is 2.74. The first-order valence-corrected chi connectivity index (χ1v) is 8.16. The summed E-state index contributed by atoms with van der Waals surface area (Å²) in [7, 11) is 0. The Labute approximate surface area is 135 Å². The second-order valence-corrected chi connectivity index (χ2v) is 6.71. The van der Waals surface area contributed by atoms with Gasteiger partial charge in [-0.15, -0.1) is 0 Å². The topological polar surface area (TPSA) is 41.6 Å². The van der Waals surface area contributed by atoms with Crippen molar-refractivity contribution >= 4 is 21.8 Å². The van der Waals surface area contributed by atoms with Crippen molar-refractivity contribution in [2.75, 3.05) is 19.6 Å². The lowest BCUT2D eigenvalue weighted by Gasteiger charge is -2.35. The fraction of sp³-hybridized carbons (Fsp3) is 0.562. The van der Waals surface area contributed by atoms with Gasteiger partial charge in [-0.3, -0.25) is 9.69 Å². The molecule has 1 aliphatic heterocycles. The predicted molar refractivity (Wildman–Crippen MR) is 87.1 cm³/mol. The Morgan fingerprint density at radius 3 is 2.48 bits per heavy atom. The molecule has 0 unspecified atom stereocenters. The van der Waals surface area contributed by atoms with Crippen LogP contribution in [-0.2, 0) is 9.53 Å². The van der Waals surface area contributed by atoms with Gasteiger partial charge in [0, 0.05) is 17.6 Å². The number of halogens is 1. The van der Waals surface area contributed by atoms with Crippen molar-refractivity contribution in [1.82, 2.24) is 10.2 Å². The van der Waals surface area contributed by atoms with E-state index in [2.05, 4.69) is 26.1 Å². The Morgan fingerprint density at radius 2 is 1.90 bits per heavy atom. The number of carbonyl (C=O) groups excluding carboxylic acids is 1. The Balaban J connectivity index is 1.85. The van der Waals surface area contributed by atoms with E-state index in [0.717, 1.165) is 23.1 Å². The Morgan fingerprint density at radius 1 is 1.33 bits per heavy atom. The Hall–Kier alpha value is -0.910. The molecule has 116 valence electrons. The van der Waals surface area contributed by atoms with Crippen LogP contribution in [-0.4, -0.2) is 42.6 Å². The number of nitrogens with one attached hydrogen (secondary N) is 1. The van der Waals surface area contributed by atoms with E-state index in [1.54, 1.807) is 0 Å². The SMILES string of the molecule is C[C@@H]1CN(CC(=O)N[C@@H](C)c2ccc(Br)cc2)C[C@@H](C)O1. The second-order valence-electron chi connectivity index (χ2n) is 5.79. The number of ether oxygens (including phenoxy) is 1. The maximum Gasteiger partial charge on any atom is 0.234 e. The molecule has 21 heavy (non-hydrogen) atoms. The fourth-order valence-electron chi connectivity index (χ4n) is 2.74. The summed E-state index contributed by atoms with van der Waals surface area (Å²) in [5.41, 5.74) is 1.11. The maximum atomic E-state index is 12.2. The van der Waals surface area contributed by atoms with Crippen LogP contribution in [0, 0.1) is 0 Å². The summed E-state index contributed by atoms with van der Waals surface area (Å²) in [4.78, 5) is 14.3. The van der Waals surface area contributed by atoms with Gasteiger partial charge in [0.25, 0.3) is 0 Å². The molecule has 3 atom stereocenters. The third-order valence-corrected chi connectivity index (χ3v) is 4.14. The first kappa shape index (κ1) is 16.5. The molecule has 1 aromatic carbocycles. The van der Waals surface area contributed by atoms with Crippen LogP contribution in [0.25, 0.3) is 0 Å². The number of hydrogen-bond donors (Lipinski definition) is 1. The number of benzene rings is 1. The highest BCUT2D eigenvalue weighted by molar-refractivity contribution is 9.10. The monoisotopic (exact) mass is 354 g/mol. The molecular weight excluding hydrogens is 332 g/mol. The number of carbonyl (C=O) groups is 1. The van der Waals surface area contributed by atoms with Gasteiger partial charge >= 0.3 is 0 Å². The summed E-state index contributed by atoms with van der Waals surface area (Å²) in [6.07, 6.45) is 0.371. The van der Waals surface area contributed by atoms with Crippen molar-refractivity contribution in [2.45, 2.75) is 39.0 Å². The van der Waals surface area contributed by atoms with Crippen LogP contribution in [0.1, 0.15) is 32.4 Å². The summed E-state index contributed by atoms with van der Waals surface area (Å²) in [6, 6.07) is 8.04. The highest BCUT2D eigenvalue weighted by Gasteiger charge is 2.24. The molecule has 2 rings (SSSR count). The summed E-state index contributed by atoms with van der Waals surface area (Å²) < 4.78 is 6.72. The van der Waals surface area contributed by atoms with Crippen molar-refractivity contribution in [2.24, 2.45) is 0 Å². The van der Waals surface area contributed by atoms with Crippen LogP contribution in [0.3, 0.4) is 0 Å². The zero-order valence-corrected chi connectivity index (χ0v) is 14.4. The summed E-state index contributed by atoms with van der Waals surface area (Å²) in [5.74, 6) is 0.0618. The second kappa shape index (κ2) is 7.38.